The summed E-state index contributed by atoms with van der Waals surface area (Å²) < 4.78 is 40.6. The number of carbonyl (C=O) groups excluding carboxylic acids is 1. The van der Waals surface area contributed by atoms with Gasteiger partial charge in [-0.1, -0.05) is 13.0 Å². The van der Waals surface area contributed by atoms with Crippen molar-refractivity contribution in [3.8, 4) is 45.6 Å². The largest absolute Gasteiger partial charge is 0.493 e. The summed E-state index contributed by atoms with van der Waals surface area (Å²) in [5, 5.41) is 12.0. The molecule has 0 bridgehead atoms. The van der Waals surface area contributed by atoms with Crippen LogP contribution in [0, 0.1) is 5.92 Å². The average Bonchev–Trinajstić information content (AvgIpc) is 3.36. The number of fused-ring (bicyclic) bond motifs is 4. The smallest absolute Gasteiger partial charge is 0.334 e. The van der Waals surface area contributed by atoms with Crippen molar-refractivity contribution in [1.29, 1.82) is 0 Å². The maximum absolute atomic E-state index is 13.0. The van der Waals surface area contributed by atoms with Crippen LogP contribution in [0.5, 0.6) is 34.5 Å². The van der Waals surface area contributed by atoms with E-state index in [1.54, 1.807) is 40.0 Å². The molecule has 1 N–H and O–H groups in total. The molecule has 2 aromatic carbocycles. The van der Waals surface area contributed by atoms with Gasteiger partial charge in [-0.3, -0.25) is 0 Å². The van der Waals surface area contributed by atoms with Gasteiger partial charge < -0.3 is 38.3 Å². The van der Waals surface area contributed by atoms with Crippen molar-refractivity contribution < 1.29 is 43.1 Å². The molecule has 0 fully saturated rings. The maximum Gasteiger partial charge on any atom is 0.334 e. The minimum absolute atomic E-state index is 0.0562. The summed E-state index contributed by atoms with van der Waals surface area (Å²) in [5.74, 6) is 1.60. The number of esters is 1. The number of aliphatic hydroxyl groups is 1. The summed E-state index contributed by atoms with van der Waals surface area (Å²) in [6, 6.07) is 3.60. The second kappa shape index (κ2) is 10.0. The first-order valence-electron chi connectivity index (χ1n) is 12.0. The van der Waals surface area contributed by atoms with Gasteiger partial charge in [0.1, 0.15) is 5.60 Å². The SMILES string of the molecule is C/C=C(/C)C(=O)O[C@H]1c2cc(OC)c(OC)c(OC)c2-c2c(cc3c(c2OC)OCO3)C[C@@H](C)[C@]1(C)O. The molecule has 2 aliphatic rings. The third kappa shape index (κ3) is 4.21. The molecule has 0 amide bonds. The number of hydrogen-bond acceptors (Lipinski definition) is 9. The van der Waals surface area contributed by atoms with Gasteiger partial charge in [-0.25, -0.2) is 4.79 Å². The van der Waals surface area contributed by atoms with Gasteiger partial charge in [0.05, 0.1) is 28.4 Å². The molecule has 9 heteroatoms. The van der Waals surface area contributed by atoms with Gasteiger partial charge in [0.2, 0.25) is 18.3 Å². The van der Waals surface area contributed by atoms with Crippen molar-refractivity contribution in [1.82, 2.24) is 0 Å². The molecule has 1 aliphatic heterocycles. The monoisotopic (exact) mass is 514 g/mol. The highest BCUT2D eigenvalue weighted by Gasteiger charge is 2.47. The highest BCUT2D eigenvalue weighted by molar-refractivity contribution is 5.90. The molecule has 4 rings (SSSR count). The molecule has 0 saturated carbocycles. The number of carbonyl (C=O) groups is 1. The lowest BCUT2D eigenvalue weighted by Crippen LogP contribution is -2.44. The Bertz CT molecular complexity index is 1250. The molecule has 2 aromatic rings. The van der Waals surface area contributed by atoms with Crippen molar-refractivity contribution in [2.45, 2.75) is 45.8 Å². The van der Waals surface area contributed by atoms with E-state index in [4.69, 9.17) is 33.2 Å². The molecular weight excluding hydrogens is 480 g/mol. The zero-order valence-electron chi connectivity index (χ0n) is 22.5. The molecule has 0 saturated heterocycles. The second-order valence-electron chi connectivity index (χ2n) is 9.38. The lowest BCUT2D eigenvalue weighted by Gasteiger charge is -2.41. The summed E-state index contributed by atoms with van der Waals surface area (Å²) in [7, 11) is 6.08. The number of rotatable bonds is 6. The first kappa shape index (κ1) is 26.5. The second-order valence-corrected chi connectivity index (χ2v) is 9.38. The Morgan fingerprint density at radius 2 is 1.70 bits per heavy atom. The van der Waals surface area contributed by atoms with Crippen LogP contribution in [0.4, 0.5) is 0 Å². The van der Waals surface area contributed by atoms with E-state index in [0.29, 0.717) is 63.2 Å². The summed E-state index contributed by atoms with van der Waals surface area (Å²) in [6.07, 6.45) is 0.998. The van der Waals surface area contributed by atoms with E-state index in [1.165, 1.54) is 21.3 Å². The van der Waals surface area contributed by atoms with E-state index in [2.05, 4.69) is 0 Å². The molecule has 3 atom stereocenters. The topological polar surface area (TPSA) is 102 Å². The fourth-order valence-electron chi connectivity index (χ4n) is 4.94. The number of allylic oxidation sites excluding steroid dienone is 1. The lowest BCUT2D eigenvalue weighted by atomic mass is 9.73. The van der Waals surface area contributed by atoms with Crippen molar-refractivity contribution in [3.63, 3.8) is 0 Å². The van der Waals surface area contributed by atoms with Crippen LogP contribution in [0.2, 0.25) is 0 Å². The van der Waals surface area contributed by atoms with Gasteiger partial charge in [0, 0.05) is 22.3 Å². The zero-order valence-corrected chi connectivity index (χ0v) is 22.5. The molecule has 1 aliphatic carbocycles. The molecule has 0 radical (unpaired) electrons. The molecule has 9 nitrogen and oxygen atoms in total. The molecule has 0 spiro atoms. The van der Waals surface area contributed by atoms with Gasteiger partial charge in [-0.15, -0.1) is 0 Å². The van der Waals surface area contributed by atoms with Crippen molar-refractivity contribution in [2.75, 3.05) is 35.2 Å². The van der Waals surface area contributed by atoms with Crippen LogP contribution < -0.4 is 28.4 Å². The van der Waals surface area contributed by atoms with Crippen LogP contribution in [-0.2, 0) is 16.0 Å². The third-order valence-electron chi connectivity index (χ3n) is 7.33. The fourth-order valence-corrected chi connectivity index (χ4v) is 4.94. The van der Waals surface area contributed by atoms with Gasteiger partial charge in [0.25, 0.3) is 0 Å². The van der Waals surface area contributed by atoms with E-state index in [0.717, 1.165) is 5.56 Å². The van der Waals surface area contributed by atoms with Gasteiger partial charge in [-0.2, -0.15) is 0 Å². The summed E-state index contributed by atoms with van der Waals surface area (Å²) >= 11 is 0. The number of hydrogen-bond donors (Lipinski definition) is 1. The van der Waals surface area contributed by atoms with Crippen LogP contribution >= 0.6 is 0 Å². The maximum atomic E-state index is 13.0. The Balaban J connectivity index is 2.17. The number of methoxy groups -OCH3 is 4. The summed E-state index contributed by atoms with van der Waals surface area (Å²) in [4.78, 5) is 13.0. The molecular formula is C28H34O9. The number of ether oxygens (including phenoxy) is 7. The summed E-state index contributed by atoms with van der Waals surface area (Å²) in [5.41, 5.74) is 1.46. The Kier molecular flexibility index (Phi) is 7.19. The first-order valence-corrected chi connectivity index (χ1v) is 12.0. The highest BCUT2D eigenvalue weighted by atomic mass is 16.7. The predicted molar refractivity (Wildman–Crippen MR) is 136 cm³/mol. The van der Waals surface area contributed by atoms with Crippen LogP contribution in [0.15, 0.2) is 23.8 Å². The van der Waals surface area contributed by atoms with Crippen molar-refractivity contribution >= 4 is 5.97 Å². The Morgan fingerprint density at radius 1 is 1.03 bits per heavy atom. The molecule has 37 heavy (non-hydrogen) atoms. The predicted octanol–water partition coefficient (Wildman–Crippen LogP) is 4.61. The van der Waals surface area contributed by atoms with Crippen LogP contribution in [0.3, 0.4) is 0 Å². The molecule has 200 valence electrons. The van der Waals surface area contributed by atoms with Crippen molar-refractivity contribution in [3.05, 3.63) is 34.9 Å². The lowest BCUT2D eigenvalue weighted by molar-refractivity contribution is -0.166. The third-order valence-corrected chi connectivity index (χ3v) is 7.33. The normalized spacial score (nSPS) is 22.2. The standard InChI is InChI=1S/C28H34O9/c1-9-14(2)27(29)37-26-17-12-18(31-5)22(32-6)25(34-8)21(17)20-16(10-15(3)28(26,4)30)11-19-23(24(20)33-7)36-13-35-19/h9,11-12,15,26,30H,10,13H2,1-8H3/b14-9-/t15-,26+,28+/m1/s1. The zero-order chi connectivity index (χ0) is 27.1. The quantitative estimate of drug-likeness (QED) is 0.437. The average molecular weight is 515 g/mol. The highest BCUT2D eigenvalue weighted by Crippen LogP contribution is 2.59. The minimum Gasteiger partial charge on any atom is -0.493 e. The number of benzene rings is 2. The summed E-state index contributed by atoms with van der Waals surface area (Å²) in [6.45, 7) is 7.05. The minimum atomic E-state index is -1.48. The van der Waals surface area contributed by atoms with Gasteiger partial charge in [0.15, 0.2) is 29.1 Å². The van der Waals surface area contributed by atoms with E-state index in [9.17, 15) is 9.90 Å². The Labute approximate surface area is 216 Å². The van der Waals surface area contributed by atoms with Crippen LogP contribution in [0.25, 0.3) is 11.1 Å². The Hall–Kier alpha value is -3.59. The van der Waals surface area contributed by atoms with E-state index >= 15 is 0 Å². The first-order chi connectivity index (χ1) is 17.6. The van der Waals surface area contributed by atoms with Crippen molar-refractivity contribution in [2.24, 2.45) is 5.92 Å². The van der Waals surface area contributed by atoms with E-state index in [1.807, 2.05) is 13.0 Å². The van der Waals surface area contributed by atoms with Crippen LogP contribution in [-0.4, -0.2) is 51.9 Å². The van der Waals surface area contributed by atoms with Gasteiger partial charge >= 0.3 is 5.97 Å². The Morgan fingerprint density at radius 3 is 2.30 bits per heavy atom. The van der Waals surface area contributed by atoms with Gasteiger partial charge in [-0.05, 0) is 50.8 Å². The molecule has 0 unspecified atom stereocenters. The van der Waals surface area contributed by atoms with E-state index < -0.39 is 17.7 Å². The fraction of sp³-hybridized carbons (Fsp3) is 0.464. The van der Waals surface area contributed by atoms with E-state index in [-0.39, 0.29) is 12.7 Å². The molecule has 0 aromatic heterocycles. The molecule has 1 heterocycles. The van der Waals surface area contributed by atoms with Crippen LogP contribution in [0.1, 0.15) is 44.9 Å².